The average molecular weight is 217 g/mol. The van der Waals surface area contributed by atoms with Gasteiger partial charge in [-0.3, -0.25) is 0 Å². The molecule has 82 valence electrons. The van der Waals surface area contributed by atoms with Crippen molar-refractivity contribution in [3.8, 4) is 0 Å². The molecule has 0 bridgehead atoms. The van der Waals surface area contributed by atoms with E-state index in [0.29, 0.717) is 6.54 Å². The third kappa shape index (κ3) is 8.13. The number of hydrogen-bond acceptors (Lipinski definition) is 4. The molecule has 0 spiro atoms. The van der Waals surface area contributed by atoms with E-state index in [4.69, 9.17) is 8.85 Å². The van der Waals surface area contributed by atoms with Gasteiger partial charge in [0.15, 0.2) is 0 Å². The summed E-state index contributed by atoms with van der Waals surface area (Å²) in [5.74, 6) is 0. The maximum Gasteiger partial charge on any atom is 0.323 e. The van der Waals surface area contributed by atoms with Gasteiger partial charge in [-0.1, -0.05) is 13.8 Å². The lowest BCUT2D eigenvalue weighted by atomic mass is 10.5. The molecule has 4 nitrogen and oxygen atoms in total. The summed E-state index contributed by atoms with van der Waals surface area (Å²) in [6.45, 7) is 6.09. The number of aliphatic imine (C=N–C) groups is 1. The van der Waals surface area contributed by atoms with Gasteiger partial charge in [0, 0.05) is 19.3 Å². The van der Waals surface area contributed by atoms with Crippen LogP contribution in [0.4, 0.5) is 0 Å². The second-order valence-corrected chi connectivity index (χ2v) is 5.04. The highest BCUT2D eigenvalue weighted by Gasteiger charge is 2.11. The summed E-state index contributed by atoms with van der Waals surface area (Å²) in [6.07, 6.45) is 3.51. The van der Waals surface area contributed by atoms with Gasteiger partial charge in [0.1, 0.15) is 0 Å². The molecule has 0 unspecified atom stereocenters. The van der Waals surface area contributed by atoms with Crippen LogP contribution >= 0.6 is 0 Å². The van der Waals surface area contributed by atoms with Crippen LogP contribution < -0.4 is 0 Å². The number of hydrogen-bond donors (Lipinski definition) is 0. The molecule has 0 saturated heterocycles. The van der Waals surface area contributed by atoms with Crippen LogP contribution in [0.1, 0.15) is 26.7 Å². The second kappa shape index (κ2) is 10.6. The minimum Gasteiger partial charge on any atom is -0.396 e. The number of carbonyl (C=O) groups excluding carboxylic acids is 1. The quantitative estimate of drug-likeness (QED) is 0.333. The number of nitrogens with zero attached hydrogens (tertiary/aromatic N) is 1. The van der Waals surface area contributed by atoms with Crippen LogP contribution in [-0.4, -0.2) is 35.1 Å². The van der Waals surface area contributed by atoms with Gasteiger partial charge in [0.2, 0.25) is 6.08 Å². The molecular formula is C9H19NO3Si. The molecule has 5 heteroatoms. The first kappa shape index (κ1) is 13.5. The number of isocyanates is 1. The van der Waals surface area contributed by atoms with Crippen molar-refractivity contribution >= 4 is 15.4 Å². The van der Waals surface area contributed by atoms with Gasteiger partial charge in [-0.05, 0) is 12.8 Å². The van der Waals surface area contributed by atoms with Crippen LogP contribution in [0.25, 0.3) is 0 Å². The molecule has 0 aromatic heterocycles. The van der Waals surface area contributed by atoms with Crippen LogP contribution in [0.5, 0.6) is 0 Å². The normalized spacial score (nSPS) is 10.2. The van der Waals surface area contributed by atoms with Crippen LogP contribution in [-0.2, 0) is 13.6 Å². The molecule has 0 radical (unpaired) electrons. The molecule has 0 atom stereocenters. The van der Waals surface area contributed by atoms with Crippen LogP contribution in [0.15, 0.2) is 4.99 Å². The summed E-state index contributed by atoms with van der Waals surface area (Å²) in [6, 6.07) is 0.759. The van der Waals surface area contributed by atoms with Crippen molar-refractivity contribution in [2.24, 2.45) is 4.99 Å². The third-order valence-corrected chi connectivity index (χ3v) is 3.50. The third-order valence-electron chi connectivity index (χ3n) is 1.56. The van der Waals surface area contributed by atoms with Crippen LogP contribution in [0, 0.1) is 0 Å². The lowest BCUT2D eigenvalue weighted by Crippen LogP contribution is -2.24. The van der Waals surface area contributed by atoms with Gasteiger partial charge in [-0.25, -0.2) is 9.79 Å². The predicted molar refractivity (Wildman–Crippen MR) is 57.4 cm³/mol. The average Bonchev–Trinajstić information content (AvgIpc) is 2.21. The largest absolute Gasteiger partial charge is 0.396 e. The zero-order valence-corrected chi connectivity index (χ0v) is 10.1. The van der Waals surface area contributed by atoms with E-state index in [1.54, 1.807) is 0 Å². The van der Waals surface area contributed by atoms with E-state index in [1.165, 1.54) is 6.08 Å². The summed E-state index contributed by atoms with van der Waals surface area (Å²) >= 11 is 0. The van der Waals surface area contributed by atoms with E-state index in [0.717, 1.165) is 32.1 Å². The Balaban J connectivity index is 3.65. The maximum atomic E-state index is 9.86. The Morgan fingerprint density at radius 2 is 1.79 bits per heavy atom. The first-order valence-corrected chi connectivity index (χ1v) is 6.87. The van der Waals surface area contributed by atoms with E-state index < -0.39 is 9.28 Å². The topological polar surface area (TPSA) is 47.9 Å². The smallest absolute Gasteiger partial charge is 0.323 e. The van der Waals surface area contributed by atoms with Gasteiger partial charge in [0.05, 0.1) is 6.54 Å². The first-order chi connectivity index (χ1) is 6.85. The summed E-state index contributed by atoms with van der Waals surface area (Å²) in [4.78, 5) is 13.4. The highest BCUT2D eigenvalue weighted by atomic mass is 28.3. The molecule has 0 N–H and O–H groups in total. The van der Waals surface area contributed by atoms with Crippen molar-refractivity contribution in [2.45, 2.75) is 32.7 Å². The predicted octanol–water partition coefficient (Wildman–Crippen LogP) is 1.40. The lowest BCUT2D eigenvalue weighted by Gasteiger charge is -2.14. The highest BCUT2D eigenvalue weighted by Crippen LogP contribution is 1.99. The van der Waals surface area contributed by atoms with E-state index in [2.05, 4.69) is 18.8 Å². The van der Waals surface area contributed by atoms with Gasteiger partial charge < -0.3 is 8.85 Å². The molecule has 0 rings (SSSR count). The van der Waals surface area contributed by atoms with Crippen LogP contribution in [0.3, 0.4) is 0 Å². The Hall–Kier alpha value is -0.483. The molecule has 0 aromatic rings. The minimum atomic E-state index is -1.57. The summed E-state index contributed by atoms with van der Waals surface area (Å²) in [5, 5.41) is 0. The fourth-order valence-electron chi connectivity index (χ4n) is 0.929. The molecule has 0 aliphatic carbocycles. The van der Waals surface area contributed by atoms with Crippen molar-refractivity contribution < 1.29 is 13.6 Å². The molecule has 0 fully saturated rings. The fraction of sp³-hybridized carbons (Fsp3) is 0.889. The summed E-state index contributed by atoms with van der Waals surface area (Å²) in [7, 11) is -1.57. The lowest BCUT2D eigenvalue weighted by molar-refractivity contribution is 0.197. The molecule has 0 saturated carbocycles. The van der Waals surface area contributed by atoms with Crippen molar-refractivity contribution in [3.63, 3.8) is 0 Å². The zero-order chi connectivity index (χ0) is 10.6. The summed E-state index contributed by atoms with van der Waals surface area (Å²) in [5.41, 5.74) is 0. The Morgan fingerprint density at radius 1 is 1.21 bits per heavy atom. The van der Waals surface area contributed by atoms with Crippen molar-refractivity contribution in [1.29, 1.82) is 0 Å². The van der Waals surface area contributed by atoms with Gasteiger partial charge >= 0.3 is 9.28 Å². The molecule has 14 heavy (non-hydrogen) atoms. The van der Waals surface area contributed by atoms with Gasteiger partial charge in [0.25, 0.3) is 0 Å². The van der Waals surface area contributed by atoms with Crippen LogP contribution in [0.2, 0.25) is 6.04 Å². The van der Waals surface area contributed by atoms with E-state index in [-0.39, 0.29) is 0 Å². The Morgan fingerprint density at radius 3 is 2.21 bits per heavy atom. The van der Waals surface area contributed by atoms with Crippen molar-refractivity contribution in [3.05, 3.63) is 0 Å². The Labute approximate surface area is 87.2 Å². The van der Waals surface area contributed by atoms with E-state index in [9.17, 15) is 4.79 Å². The maximum absolute atomic E-state index is 9.86. The zero-order valence-electron chi connectivity index (χ0n) is 8.99. The van der Waals surface area contributed by atoms with Gasteiger partial charge in [-0.2, -0.15) is 0 Å². The molecule has 0 amide bonds. The molecule has 0 aliphatic rings. The summed E-state index contributed by atoms with van der Waals surface area (Å²) < 4.78 is 11.1. The molecule has 0 aliphatic heterocycles. The van der Waals surface area contributed by atoms with E-state index in [1.807, 2.05) is 0 Å². The molecular weight excluding hydrogens is 198 g/mol. The van der Waals surface area contributed by atoms with Crippen molar-refractivity contribution in [1.82, 2.24) is 0 Å². The Kier molecular flexibility index (Phi) is 10.2. The molecule has 0 heterocycles. The van der Waals surface area contributed by atoms with Gasteiger partial charge in [-0.15, -0.1) is 0 Å². The highest BCUT2D eigenvalue weighted by molar-refractivity contribution is 6.44. The van der Waals surface area contributed by atoms with Crippen molar-refractivity contribution in [2.75, 3.05) is 19.8 Å². The molecule has 0 aromatic carbocycles. The second-order valence-electron chi connectivity index (χ2n) is 2.93. The fourth-order valence-corrected chi connectivity index (χ4v) is 2.70. The number of rotatable bonds is 9. The monoisotopic (exact) mass is 217 g/mol. The Bertz CT molecular complexity index is 163. The minimum absolute atomic E-state index is 0.480. The van der Waals surface area contributed by atoms with E-state index >= 15 is 0 Å². The standard InChI is InChI=1S/C9H19NO3Si/c1-3-6-12-14(13-7-4-2)8-5-10-9-11/h14H,3-8H2,1-2H3. The first-order valence-electron chi connectivity index (χ1n) is 5.12. The SMILES string of the molecule is CCCO[SiH](CCN=C=O)OCCC.